The Morgan fingerprint density at radius 1 is 1.38 bits per heavy atom. The van der Waals surface area contributed by atoms with Gasteiger partial charge in [-0.3, -0.25) is 0 Å². The van der Waals surface area contributed by atoms with Crippen LogP contribution in [-0.4, -0.2) is 10.1 Å². The van der Waals surface area contributed by atoms with E-state index < -0.39 is 6.10 Å². The molecule has 0 saturated heterocycles. The molecule has 0 radical (unpaired) electrons. The lowest BCUT2D eigenvalue weighted by Gasteiger charge is -2.28. The Kier molecular flexibility index (Phi) is 3.50. The molecule has 0 amide bonds. The molecular formula is C16H18FNO2S. The summed E-state index contributed by atoms with van der Waals surface area (Å²) in [4.78, 5) is 4.62. The molecule has 0 aliphatic carbocycles. The molecule has 1 N–H and O–H groups in total. The summed E-state index contributed by atoms with van der Waals surface area (Å²) in [6.07, 6.45) is -0.549. The summed E-state index contributed by atoms with van der Waals surface area (Å²) in [5.41, 5.74) is 1.43. The minimum absolute atomic E-state index is 0.0137. The van der Waals surface area contributed by atoms with E-state index >= 15 is 0 Å². The first-order chi connectivity index (χ1) is 9.84. The predicted molar refractivity (Wildman–Crippen MR) is 80.2 cm³/mol. The Balaban J connectivity index is 1.90. The van der Waals surface area contributed by atoms with Crippen LogP contribution < -0.4 is 4.74 Å². The zero-order valence-electron chi connectivity index (χ0n) is 12.3. The number of halogens is 1. The number of aromatic nitrogens is 1. The van der Waals surface area contributed by atoms with Crippen molar-refractivity contribution >= 4 is 11.3 Å². The lowest BCUT2D eigenvalue weighted by Crippen LogP contribution is -2.20. The Labute approximate surface area is 127 Å². The largest absolute Gasteiger partial charge is 0.483 e. The van der Waals surface area contributed by atoms with Gasteiger partial charge in [-0.05, 0) is 12.1 Å². The highest BCUT2D eigenvalue weighted by Gasteiger charge is 2.30. The molecule has 1 aromatic heterocycles. The van der Waals surface area contributed by atoms with Crippen LogP contribution in [0, 0.1) is 5.82 Å². The van der Waals surface area contributed by atoms with Crippen molar-refractivity contribution in [1.29, 1.82) is 0 Å². The van der Waals surface area contributed by atoms with Gasteiger partial charge in [0.25, 0.3) is 0 Å². The number of aliphatic hydroxyl groups is 1. The Morgan fingerprint density at radius 2 is 2.14 bits per heavy atom. The maximum absolute atomic E-state index is 13.3. The molecule has 2 atom stereocenters. The van der Waals surface area contributed by atoms with E-state index in [2.05, 4.69) is 25.8 Å². The van der Waals surface area contributed by atoms with Crippen LogP contribution in [0.2, 0.25) is 0 Å². The highest BCUT2D eigenvalue weighted by atomic mass is 32.1. The van der Waals surface area contributed by atoms with Gasteiger partial charge in [0.1, 0.15) is 17.7 Å². The number of aliphatic hydroxyl groups excluding tert-OH is 1. The van der Waals surface area contributed by atoms with Crippen molar-refractivity contribution in [2.45, 2.75) is 44.8 Å². The number of fused-ring (bicyclic) bond motifs is 1. The molecule has 5 heteroatoms. The third-order valence-electron chi connectivity index (χ3n) is 3.53. The molecular weight excluding hydrogens is 289 g/mol. The summed E-state index contributed by atoms with van der Waals surface area (Å²) in [6, 6.07) is 4.24. The SMILES string of the molecule is CC(C)(C)c1nc(C2CC(O)c3ccc(F)cc3O2)cs1. The van der Waals surface area contributed by atoms with Crippen LogP contribution in [0.3, 0.4) is 0 Å². The van der Waals surface area contributed by atoms with Crippen LogP contribution in [0.15, 0.2) is 23.6 Å². The topological polar surface area (TPSA) is 42.4 Å². The van der Waals surface area contributed by atoms with Crippen molar-refractivity contribution in [3.8, 4) is 5.75 Å². The van der Waals surface area contributed by atoms with E-state index in [0.29, 0.717) is 17.7 Å². The standard InChI is InChI=1S/C16H18FNO2S/c1-16(2,3)15-18-11(8-21-15)14-7-12(19)10-5-4-9(17)6-13(10)20-14/h4-6,8,12,14,19H,7H2,1-3H3. The maximum atomic E-state index is 13.3. The number of ether oxygens (including phenoxy) is 1. The van der Waals surface area contributed by atoms with Gasteiger partial charge >= 0.3 is 0 Å². The van der Waals surface area contributed by atoms with Gasteiger partial charge in [-0.15, -0.1) is 11.3 Å². The van der Waals surface area contributed by atoms with Crippen LogP contribution in [-0.2, 0) is 5.41 Å². The third kappa shape index (κ3) is 2.80. The maximum Gasteiger partial charge on any atom is 0.144 e. The van der Waals surface area contributed by atoms with E-state index in [-0.39, 0.29) is 17.3 Å². The van der Waals surface area contributed by atoms with Crippen LogP contribution in [0.1, 0.15) is 55.7 Å². The van der Waals surface area contributed by atoms with Gasteiger partial charge in [-0.1, -0.05) is 20.8 Å². The highest BCUT2D eigenvalue weighted by Crippen LogP contribution is 2.41. The summed E-state index contributed by atoms with van der Waals surface area (Å²) >= 11 is 1.59. The summed E-state index contributed by atoms with van der Waals surface area (Å²) in [5.74, 6) is 0.0410. The number of thiazole rings is 1. The van der Waals surface area contributed by atoms with Crippen LogP contribution in [0.5, 0.6) is 5.75 Å². The number of nitrogens with zero attached hydrogens (tertiary/aromatic N) is 1. The van der Waals surface area contributed by atoms with Gasteiger partial charge < -0.3 is 9.84 Å². The fourth-order valence-corrected chi connectivity index (χ4v) is 3.32. The minimum atomic E-state index is -0.654. The van der Waals surface area contributed by atoms with Crippen molar-refractivity contribution in [1.82, 2.24) is 4.98 Å². The summed E-state index contributed by atoms with van der Waals surface area (Å²) in [7, 11) is 0. The zero-order chi connectivity index (χ0) is 15.2. The zero-order valence-corrected chi connectivity index (χ0v) is 13.1. The molecule has 2 heterocycles. The fraction of sp³-hybridized carbons (Fsp3) is 0.438. The molecule has 3 nitrogen and oxygen atoms in total. The van der Waals surface area contributed by atoms with Gasteiger partial charge in [0.05, 0.1) is 16.8 Å². The number of benzene rings is 1. The lowest BCUT2D eigenvalue weighted by molar-refractivity contribution is 0.0635. The van der Waals surface area contributed by atoms with Crippen LogP contribution in [0.4, 0.5) is 4.39 Å². The Bertz CT molecular complexity index is 663. The lowest BCUT2D eigenvalue weighted by atomic mass is 9.97. The van der Waals surface area contributed by atoms with Crippen molar-refractivity contribution < 1.29 is 14.2 Å². The van der Waals surface area contributed by atoms with Crippen LogP contribution >= 0.6 is 11.3 Å². The second kappa shape index (κ2) is 5.07. The van der Waals surface area contributed by atoms with E-state index in [4.69, 9.17) is 4.74 Å². The first-order valence-electron chi connectivity index (χ1n) is 6.94. The number of rotatable bonds is 1. The van der Waals surface area contributed by atoms with Crippen LogP contribution in [0.25, 0.3) is 0 Å². The average molecular weight is 307 g/mol. The molecule has 112 valence electrons. The molecule has 1 aromatic carbocycles. The van der Waals surface area contributed by atoms with Gasteiger partial charge in [-0.25, -0.2) is 9.37 Å². The quantitative estimate of drug-likeness (QED) is 0.861. The Morgan fingerprint density at radius 3 is 2.81 bits per heavy atom. The van der Waals surface area contributed by atoms with Gasteiger partial charge in [-0.2, -0.15) is 0 Å². The third-order valence-corrected chi connectivity index (χ3v) is 4.82. The number of hydrogen-bond donors (Lipinski definition) is 1. The summed E-state index contributed by atoms with van der Waals surface area (Å²) in [6.45, 7) is 6.32. The highest BCUT2D eigenvalue weighted by molar-refractivity contribution is 7.09. The molecule has 21 heavy (non-hydrogen) atoms. The smallest absolute Gasteiger partial charge is 0.144 e. The molecule has 3 rings (SSSR count). The second-order valence-electron chi connectivity index (χ2n) is 6.37. The van der Waals surface area contributed by atoms with Gasteiger partial charge in [0.15, 0.2) is 0 Å². The van der Waals surface area contributed by atoms with E-state index in [9.17, 15) is 9.50 Å². The van der Waals surface area contributed by atoms with E-state index in [1.165, 1.54) is 12.1 Å². The summed E-state index contributed by atoms with van der Waals surface area (Å²) in [5, 5.41) is 13.2. The molecule has 2 unspecified atom stereocenters. The normalized spacial score (nSPS) is 21.8. The molecule has 0 saturated carbocycles. The van der Waals surface area contributed by atoms with Crippen molar-refractivity contribution in [2.75, 3.05) is 0 Å². The van der Waals surface area contributed by atoms with Crippen molar-refractivity contribution in [3.05, 3.63) is 45.7 Å². The van der Waals surface area contributed by atoms with E-state index in [0.717, 1.165) is 10.7 Å². The molecule has 0 fully saturated rings. The van der Waals surface area contributed by atoms with E-state index in [1.807, 2.05) is 5.38 Å². The monoisotopic (exact) mass is 307 g/mol. The van der Waals surface area contributed by atoms with Crippen molar-refractivity contribution in [3.63, 3.8) is 0 Å². The fourth-order valence-electron chi connectivity index (χ4n) is 2.38. The van der Waals surface area contributed by atoms with Gasteiger partial charge in [0, 0.05) is 28.8 Å². The molecule has 1 aliphatic rings. The van der Waals surface area contributed by atoms with E-state index in [1.54, 1.807) is 17.4 Å². The molecule has 2 aromatic rings. The molecule has 0 bridgehead atoms. The predicted octanol–water partition coefficient (Wildman–Crippen LogP) is 4.14. The van der Waals surface area contributed by atoms with Gasteiger partial charge in [0.2, 0.25) is 0 Å². The average Bonchev–Trinajstić information content (AvgIpc) is 2.87. The Hall–Kier alpha value is -1.46. The number of hydrogen-bond acceptors (Lipinski definition) is 4. The second-order valence-corrected chi connectivity index (χ2v) is 7.23. The summed E-state index contributed by atoms with van der Waals surface area (Å²) < 4.78 is 19.2. The first kappa shape index (κ1) is 14.5. The minimum Gasteiger partial charge on any atom is -0.483 e. The first-order valence-corrected chi connectivity index (χ1v) is 7.82. The molecule has 1 aliphatic heterocycles. The van der Waals surface area contributed by atoms with Crippen molar-refractivity contribution in [2.24, 2.45) is 0 Å². The molecule has 0 spiro atoms.